The van der Waals surface area contributed by atoms with Gasteiger partial charge in [0, 0.05) is 23.9 Å². The number of nitrogens with one attached hydrogen (secondary N) is 1. The highest BCUT2D eigenvalue weighted by atomic mass is 19.4. The van der Waals surface area contributed by atoms with E-state index in [4.69, 9.17) is 0 Å². The molecular formula is C16H17F3N4O. The third-order valence-electron chi connectivity index (χ3n) is 4.84. The third kappa shape index (κ3) is 2.86. The van der Waals surface area contributed by atoms with E-state index >= 15 is 0 Å². The van der Waals surface area contributed by atoms with Crippen LogP contribution < -0.4 is 15.0 Å². The second kappa shape index (κ2) is 5.47. The lowest BCUT2D eigenvalue weighted by Gasteiger charge is -2.53. The maximum absolute atomic E-state index is 12.4. The molecule has 1 spiro atoms. The molecule has 0 saturated carbocycles. The Hall–Kier alpha value is -2.09. The summed E-state index contributed by atoms with van der Waals surface area (Å²) in [6, 6.07) is 4.17. The van der Waals surface area contributed by atoms with Crippen LogP contribution in [0.5, 0.6) is 5.75 Å². The lowest BCUT2D eigenvalue weighted by molar-refractivity contribution is -0.274. The summed E-state index contributed by atoms with van der Waals surface area (Å²) in [6.45, 7) is 3.79. The van der Waals surface area contributed by atoms with Gasteiger partial charge in [-0.1, -0.05) is 0 Å². The molecule has 2 fully saturated rings. The van der Waals surface area contributed by atoms with E-state index in [1.807, 2.05) is 0 Å². The SMILES string of the molecule is FC(F)(F)Oc1ccc2ncnc(N3CC4(CCNCC4)C3)c2c1. The van der Waals surface area contributed by atoms with E-state index in [1.165, 1.54) is 24.5 Å². The van der Waals surface area contributed by atoms with Crippen molar-refractivity contribution in [3.8, 4) is 5.75 Å². The second-order valence-corrected chi connectivity index (χ2v) is 6.53. The van der Waals surface area contributed by atoms with Crippen LogP contribution in [-0.4, -0.2) is 42.5 Å². The highest BCUT2D eigenvalue weighted by Gasteiger charge is 2.44. The molecule has 1 aromatic heterocycles. The molecule has 24 heavy (non-hydrogen) atoms. The molecule has 8 heteroatoms. The lowest BCUT2D eigenvalue weighted by Crippen LogP contribution is -2.60. The normalized spacial score (nSPS) is 20.2. The quantitative estimate of drug-likeness (QED) is 0.912. The molecule has 2 aliphatic rings. The van der Waals surface area contributed by atoms with Gasteiger partial charge in [-0.2, -0.15) is 0 Å². The molecule has 0 atom stereocenters. The first kappa shape index (κ1) is 15.4. The predicted octanol–water partition coefficient (Wildman–Crippen LogP) is 2.72. The largest absolute Gasteiger partial charge is 0.573 e. The van der Waals surface area contributed by atoms with Crippen LogP contribution in [0.15, 0.2) is 24.5 Å². The number of anilines is 1. The van der Waals surface area contributed by atoms with Crippen molar-refractivity contribution >= 4 is 16.7 Å². The van der Waals surface area contributed by atoms with E-state index in [0.717, 1.165) is 39.0 Å². The standard InChI is InChI=1S/C16H17F3N4O/c17-16(18,19)24-11-1-2-13-12(7-11)14(22-10-21-13)23-8-15(9-23)3-5-20-6-4-15/h1-2,7,10,20H,3-6,8-9H2. The van der Waals surface area contributed by atoms with Crippen LogP contribution >= 0.6 is 0 Å². The Kier molecular flexibility index (Phi) is 3.52. The van der Waals surface area contributed by atoms with Gasteiger partial charge in [0.2, 0.25) is 0 Å². The zero-order valence-electron chi connectivity index (χ0n) is 12.9. The van der Waals surface area contributed by atoms with Crippen molar-refractivity contribution in [3.05, 3.63) is 24.5 Å². The molecule has 1 aromatic carbocycles. The summed E-state index contributed by atoms with van der Waals surface area (Å²) in [5.41, 5.74) is 0.920. The summed E-state index contributed by atoms with van der Waals surface area (Å²) in [4.78, 5) is 10.6. The van der Waals surface area contributed by atoms with Crippen LogP contribution in [0.1, 0.15) is 12.8 Å². The summed E-state index contributed by atoms with van der Waals surface area (Å²) < 4.78 is 41.4. The number of rotatable bonds is 2. The first-order chi connectivity index (χ1) is 11.4. The van der Waals surface area contributed by atoms with Crippen molar-refractivity contribution in [2.75, 3.05) is 31.1 Å². The van der Waals surface area contributed by atoms with Crippen LogP contribution in [0, 0.1) is 5.41 Å². The molecule has 0 amide bonds. The minimum Gasteiger partial charge on any atom is -0.406 e. The van der Waals surface area contributed by atoms with Gasteiger partial charge in [-0.3, -0.25) is 0 Å². The van der Waals surface area contributed by atoms with Crippen molar-refractivity contribution in [2.24, 2.45) is 5.41 Å². The van der Waals surface area contributed by atoms with Crippen LogP contribution in [0.4, 0.5) is 19.0 Å². The first-order valence-electron chi connectivity index (χ1n) is 7.90. The molecule has 2 saturated heterocycles. The first-order valence-corrected chi connectivity index (χ1v) is 7.90. The minimum atomic E-state index is -4.71. The molecule has 0 aliphatic carbocycles. The average Bonchev–Trinajstić information content (AvgIpc) is 2.51. The van der Waals surface area contributed by atoms with Gasteiger partial charge >= 0.3 is 6.36 Å². The molecule has 0 bridgehead atoms. The highest BCUT2D eigenvalue weighted by molar-refractivity contribution is 5.90. The van der Waals surface area contributed by atoms with Crippen molar-refractivity contribution in [3.63, 3.8) is 0 Å². The van der Waals surface area contributed by atoms with E-state index < -0.39 is 6.36 Å². The van der Waals surface area contributed by atoms with Gasteiger partial charge in [-0.15, -0.1) is 13.2 Å². The molecule has 4 rings (SSSR count). The maximum atomic E-state index is 12.4. The van der Waals surface area contributed by atoms with Gasteiger partial charge < -0.3 is 15.0 Å². The Labute approximate surface area is 136 Å². The van der Waals surface area contributed by atoms with Crippen LogP contribution in [-0.2, 0) is 0 Å². The van der Waals surface area contributed by atoms with Crippen molar-refractivity contribution in [2.45, 2.75) is 19.2 Å². The molecular weight excluding hydrogens is 321 g/mol. The highest BCUT2D eigenvalue weighted by Crippen LogP contribution is 2.42. The number of aromatic nitrogens is 2. The fraction of sp³-hybridized carbons (Fsp3) is 0.500. The zero-order chi connectivity index (χ0) is 16.8. The maximum Gasteiger partial charge on any atom is 0.573 e. The lowest BCUT2D eigenvalue weighted by atomic mass is 9.72. The van der Waals surface area contributed by atoms with Crippen LogP contribution in [0.25, 0.3) is 10.9 Å². The molecule has 128 valence electrons. The number of benzene rings is 1. The third-order valence-corrected chi connectivity index (χ3v) is 4.84. The molecule has 3 heterocycles. The number of hydrogen-bond donors (Lipinski definition) is 1. The fourth-order valence-corrected chi connectivity index (χ4v) is 3.66. The Morgan fingerprint density at radius 3 is 2.58 bits per heavy atom. The average molecular weight is 338 g/mol. The van der Waals surface area contributed by atoms with E-state index in [9.17, 15) is 13.2 Å². The number of nitrogens with zero attached hydrogens (tertiary/aromatic N) is 3. The van der Waals surface area contributed by atoms with Gasteiger partial charge in [0.05, 0.1) is 5.52 Å². The van der Waals surface area contributed by atoms with Gasteiger partial charge in [0.15, 0.2) is 0 Å². The predicted molar refractivity (Wildman–Crippen MR) is 83.0 cm³/mol. The second-order valence-electron chi connectivity index (χ2n) is 6.53. The molecule has 2 aromatic rings. The van der Waals surface area contributed by atoms with Crippen LogP contribution in [0.3, 0.4) is 0 Å². The molecule has 0 unspecified atom stereocenters. The molecule has 2 aliphatic heterocycles. The van der Waals surface area contributed by atoms with Gasteiger partial charge in [-0.25, -0.2) is 9.97 Å². The molecule has 5 nitrogen and oxygen atoms in total. The summed E-state index contributed by atoms with van der Waals surface area (Å²) in [5, 5.41) is 3.94. The summed E-state index contributed by atoms with van der Waals surface area (Å²) >= 11 is 0. The summed E-state index contributed by atoms with van der Waals surface area (Å²) in [5.74, 6) is 0.430. The van der Waals surface area contributed by atoms with E-state index in [2.05, 4.69) is 24.9 Å². The molecule has 0 radical (unpaired) electrons. The van der Waals surface area contributed by atoms with E-state index in [0.29, 0.717) is 22.1 Å². The monoisotopic (exact) mass is 338 g/mol. The van der Waals surface area contributed by atoms with Crippen molar-refractivity contribution in [1.29, 1.82) is 0 Å². The fourth-order valence-electron chi connectivity index (χ4n) is 3.66. The smallest absolute Gasteiger partial charge is 0.406 e. The van der Waals surface area contributed by atoms with Gasteiger partial charge in [-0.05, 0) is 44.1 Å². The number of piperidine rings is 1. The Morgan fingerprint density at radius 2 is 1.88 bits per heavy atom. The van der Waals surface area contributed by atoms with Crippen molar-refractivity contribution in [1.82, 2.24) is 15.3 Å². The number of alkyl halides is 3. The number of fused-ring (bicyclic) bond motifs is 1. The Morgan fingerprint density at radius 1 is 1.12 bits per heavy atom. The number of ether oxygens (including phenoxy) is 1. The van der Waals surface area contributed by atoms with Gasteiger partial charge in [0.1, 0.15) is 17.9 Å². The van der Waals surface area contributed by atoms with E-state index in [1.54, 1.807) is 0 Å². The number of halogens is 3. The Balaban J connectivity index is 1.62. The minimum absolute atomic E-state index is 0.247. The number of hydrogen-bond acceptors (Lipinski definition) is 5. The topological polar surface area (TPSA) is 50.3 Å². The Bertz CT molecular complexity index is 751. The van der Waals surface area contributed by atoms with E-state index in [-0.39, 0.29) is 5.75 Å². The summed E-state index contributed by atoms with van der Waals surface area (Å²) in [6.07, 6.45) is -1.02. The van der Waals surface area contributed by atoms with Crippen LogP contribution in [0.2, 0.25) is 0 Å². The van der Waals surface area contributed by atoms with Gasteiger partial charge in [0.25, 0.3) is 0 Å². The summed E-state index contributed by atoms with van der Waals surface area (Å²) in [7, 11) is 0. The van der Waals surface area contributed by atoms with Crippen molar-refractivity contribution < 1.29 is 17.9 Å². The zero-order valence-corrected chi connectivity index (χ0v) is 12.9. The molecule has 1 N–H and O–H groups in total.